The zero-order chi connectivity index (χ0) is 21.1. The van der Waals surface area contributed by atoms with Crippen molar-refractivity contribution in [3.05, 3.63) is 76.3 Å². The molecule has 1 aliphatic carbocycles. The fourth-order valence-electron chi connectivity index (χ4n) is 3.96. The van der Waals surface area contributed by atoms with E-state index in [1.807, 2.05) is 24.3 Å². The Kier molecular flexibility index (Phi) is 4.32. The van der Waals surface area contributed by atoms with Crippen molar-refractivity contribution in [3.63, 3.8) is 0 Å². The van der Waals surface area contributed by atoms with Crippen molar-refractivity contribution in [2.24, 2.45) is 0 Å². The summed E-state index contributed by atoms with van der Waals surface area (Å²) in [4.78, 5) is 26.6. The van der Waals surface area contributed by atoms with Crippen LogP contribution in [-0.2, 0) is 5.41 Å². The molecule has 4 nitrogen and oxygen atoms in total. The molecule has 0 saturated carbocycles. The largest absolute Gasteiger partial charge is 0.506 e. The number of nitrogens with two attached hydrogens (primary N) is 1. The molecule has 0 aromatic heterocycles. The van der Waals surface area contributed by atoms with E-state index in [2.05, 4.69) is 33.4 Å². The predicted molar refractivity (Wildman–Crippen MR) is 117 cm³/mol. The fraction of sp³-hybridized carbons (Fsp3) is 0.167. The van der Waals surface area contributed by atoms with E-state index in [1.165, 1.54) is 0 Å². The van der Waals surface area contributed by atoms with E-state index >= 15 is 0 Å². The Labute approximate surface area is 174 Å². The van der Waals surface area contributed by atoms with Gasteiger partial charge in [0, 0.05) is 21.6 Å². The summed E-state index contributed by atoms with van der Waals surface area (Å²) in [6.07, 6.45) is 0. The summed E-state index contributed by atoms with van der Waals surface area (Å²) in [7, 11) is 0. The molecule has 1 aliphatic rings. The van der Waals surface area contributed by atoms with Crippen LogP contribution in [0.25, 0.3) is 11.1 Å². The zero-order valence-electron chi connectivity index (χ0n) is 16.4. The average molecular weight is 404 g/mol. The highest BCUT2D eigenvalue weighted by Gasteiger charge is 2.37. The van der Waals surface area contributed by atoms with Crippen molar-refractivity contribution >= 4 is 29.9 Å². The van der Waals surface area contributed by atoms with Crippen molar-refractivity contribution < 1.29 is 14.7 Å². The second kappa shape index (κ2) is 6.49. The number of ketones is 2. The SMILES string of the molecule is CC(C)(C)c1ccccc1-c1c(O)c2c(c(N)c1S)C(=O)c1ccccc1C2=O. The average Bonchev–Trinajstić information content (AvgIpc) is 2.68. The van der Waals surface area contributed by atoms with Crippen LogP contribution >= 0.6 is 12.6 Å². The maximum Gasteiger partial charge on any atom is 0.198 e. The molecule has 3 N–H and O–H groups in total. The number of phenolic OH excluding ortho intramolecular Hbond substituents is 1. The van der Waals surface area contributed by atoms with Gasteiger partial charge in [0.05, 0.1) is 16.8 Å². The minimum absolute atomic E-state index is 0.0215. The summed E-state index contributed by atoms with van der Waals surface area (Å²) >= 11 is 4.56. The lowest BCUT2D eigenvalue weighted by atomic mass is 9.78. The molecule has 0 saturated heterocycles. The first-order valence-corrected chi connectivity index (χ1v) is 9.75. The van der Waals surface area contributed by atoms with E-state index in [1.54, 1.807) is 24.3 Å². The van der Waals surface area contributed by atoms with Gasteiger partial charge in [-0.25, -0.2) is 0 Å². The molecule has 29 heavy (non-hydrogen) atoms. The monoisotopic (exact) mass is 403 g/mol. The number of rotatable bonds is 1. The highest BCUT2D eigenvalue weighted by molar-refractivity contribution is 7.80. The van der Waals surface area contributed by atoms with E-state index in [0.717, 1.165) is 11.1 Å². The Balaban J connectivity index is 2.09. The number of carbonyl (C=O) groups excluding carboxylic acids is 2. The molecule has 3 aromatic rings. The molecule has 0 unspecified atom stereocenters. The Morgan fingerprint density at radius 1 is 0.793 bits per heavy atom. The van der Waals surface area contributed by atoms with Crippen LogP contribution in [0.2, 0.25) is 0 Å². The van der Waals surface area contributed by atoms with Gasteiger partial charge in [0.25, 0.3) is 0 Å². The normalized spacial score (nSPS) is 13.2. The number of thiol groups is 1. The lowest BCUT2D eigenvalue weighted by Gasteiger charge is -2.27. The lowest BCUT2D eigenvalue weighted by Crippen LogP contribution is -2.23. The standard InChI is InChI=1S/C24H21NO3S/c1-24(2,3)15-11-7-6-10-14(15)16-22(28)18-17(19(25)23(16)29)20(26)12-8-4-5-9-13(12)21(18)27/h4-11,28-29H,25H2,1-3H3. The topological polar surface area (TPSA) is 80.4 Å². The van der Waals surface area contributed by atoms with Gasteiger partial charge in [-0.15, -0.1) is 12.6 Å². The fourth-order valence-corrected chi connectivity index (χ4v) is 4.30. The Morgan fingerprint density at radius 3 is 1.83 bits per heavy atom. The van der Waals surface area contributed by atoms with Gasteiger partial charge < -0.3 is 10.8 Å². The van der Waals surface area contributed by atoms with E-state index in [0.29, 0.717) is 10.5 Å². The maximum atomic E-state index is 13.2. The van der Waals surface area contributed by atoms with Crippen molar-refractivity contribution in [1.82, 2.24) is 0 Å². The molecular formula is C24H21NO3S. The smallest absolute Gasteiger partial charge is 0.198 e. The summed E-state index contributed by atoms with van der Waals surface area (Å²) in [5, 5.41) is 11.2. The molecule has 3 aromatic carbocycles. The summed E-state index contributed by atoms with van der Waals surface area (Å²) in [6, 6.07) is 14.2. The number of nitrogen functional groups attached to an aromatic ring is 1. The number of benzene rings is 3. The van der Waals surface area contributed by atoms with Crippen LogP contribution in [0.1, 0.15) is 58.2 Å². The van der Waals surface area contributed by atoms with Crippen LogP contribution < -0.4 is 5.73 Å². The highest BCUT2D eigenvalue weighted by atomic mass is 32.1. The molecule has 0 aliphatic heterocycles. The third-order valence-electron chi connectivity index (χ3n) is 5.36. The Bertz CT molecular complexity index is 1210. The number of hydrogen-bond donors (Lipinski definition) is 3. The second-order valence-corrected chi connectivity index (χ2v) is 8.68. The first-order chi connectivity index (χ1) is 13.6. The first-order valence-electron chi connectivity index (χ1n) is 9.30. The van der Waals surface area contributed by atoms with Crippen LogP contribution in [0.5, 0.6) is 5.75 Å². The summed E-state index contributed by atoms with van der Waals surface area (Å²) in [6.45, 7) is 6.19. The quantitative estimate of drug-likeness (QED) is 0.237. The van der Waals surface area contributed by atoms with Crippen molar-refractivity contribution in [2.75, 3.05) is 5.73 Å². The predicted octanol–water partition coefficient (Wildman–Crippen LogP) is 5.00. The van der Waals surface area contributed by atoms with Crippen LogP contribution in [0, 0.1) is 0 Å². The van der Waals surface area contributed by atoms with E-state index in [-0.39, 0.29) is 44.9 Å². The molecule has 0 radical (unpaired) electrons. The van der Waals surface area contributed by atoms with Gasteiger partial charge in [-0.1, -0.05) is 69.3 Å². The number of phenols is 1. The maximum absolute atomic E-state index is 13.2. The van der Waals surface area contributed by atoms with E-state index < -0.39 is 5.78 Å². The van der Waals surface area contributed by atoms with Gasteiger partial charge in [0.15, 0.2) is 11.6 Å². The summed E-state index contributed by atoms with van der Waals surface area (Å²) < 4.78 is 0. The molecular weight excluding hydrogens is 382 g/mol. The first kappa shape index (κ1) is 19.3. The van der Waals surface area contributed by atoms with Crippen molar-refractivity contribution in [3.8, 4) is 16.9 Å². The molecule has 0 bridgehead atoms. The third kappa shape index (κ3) is 2.76. The van der Waals surface area contributed by atoms with Crippen molar-refractivity contribution in [2.45, 2.75) is 31.1 Å². The third-order valence-corrected chi connectivity index (χ3v) is 5.82. The molecule has 4 rings (SSSR count). The number of aromatic hydroxyl groups is 1. The van der Waals surface area contributed by atoms with Gasteiger partial charge in [0.1, 0.15) is 5.75 Å². The van der Waals surface area contributed by atoms with Gasteiger partial charge in [-0.05, 0) is 16.5 Å². The summed E-state index contributed by atoms with van der Waals surface area (Å²) in [5.41, 5.74) is 8.79. The highest BCUT2D eigenvalue weighted by Crippen LogP contribution is 2.48. The van der Waals surface area contributed by atoms with Gasteiger partial charge >= 0.3 is 0 Å². The van der Waals surface area contributed by atoms with Gasteiger partial charge in [-0.2, -0.15) is 0 Å². The molecule has 5 heteroatoms. The number of hydrogen-bond acceptors (Lipinski definition) is 5. The van der Waals surface area contributed by atoms with Crippen LogP contribution in [0.15, 0.2) is 53.4 Å². The minimum Gasteiger partial charge on any atom is -0.506 e. The lowest BCUT2D eigenvalue weighted by molar-refractivity contribution is 0.0977. The van der Waals surface area contributed by atoms with E-state index in [4.69, 9.17) is 5.73 Å². The molecule has 146 valence electrons. The summed E-state index contributed by atoms with van der Waals surface area (Å²) in [5.74, 6) is -1.06. The number of carbonyl (C=O) groups is 2. The van der Waals surface area contributed by atoms with Crippen LogP contribution in [-0.4, -0.2) is 16.7 Å². The Morgan fingerprint density at radius 2 is 1.28 bits per heavy atom. The zero-order valence-corrected chi connectivity index (χ0v) is 17.3. The minimum atomic E-state index is -0.415. The van der Waals surface area contributed by atoms with Crippen molar-refractivity contribution in [1.29, 1.82) is 0 Å². The van der Waals surface area contributed by atoms with Gasteiger partial charge in [-0.3, -0.25) is 9.59 Å². The van der Waals surface area contributed by atoms with E-state index in [9.17, 15) is 14.7 Å². The van der Waals surface area contributed by atoms with Crippen LogP contribution in [0.4, 0.5) is 5.69 Å². The Hall–Kier alpha value is -3.05. The molecule has 0 atom stereocenters. The van der Waals surface area contributed by atoms with Crippen LogP contribution in [0.3, 0.4) is 0 Å². The molecule has 0 amide bonds. The number of anilines is 1. The molecule has 0 fully saturated rings. The second-order valence-electron chi connectivity index (χ2n) is 8.24. The number of fused-ring (bicyclic) bond motifs is 2. The molecule has 0 spiro atoms. The molecule has 0 heterocycles. The van der Waals surface area contributed by atoms with Gasteiger partial charge in [0.2, 0.25) is 0 Å².